The van der Waals surface area contributed by atoms with Crippen molar-refractivity contribution in [2.24, 2.45) is 0 Å². The molecule has 3 aromatic rings. The number of piperazine rings is 1. The fraction of sp³-hybridized carbons (Fsp3) is 0.280. The predicted octanol–water partition coefficient (Wildman–Crippen LogP) is 4.65. The zero-order valence-electron chi connectivity index (χ0n) is 18.7. The van der Waals surface area contributed by atoms with E-state index >= 15 is 0 Å². The molecule has 1 aliphatic rings. The van der Waals surface area contributed by atoms with Crippen LogP contribution in [0, 0.1) is 0 Å². The number of methoxy groups -OCH3 is 2. The van der Waals surface area contributed by atoms with Crippen LogP contribution >= 0.6 is 23.6 Å². The Hall–Kier alpha value is -3.10. The number of anilines is 2. The monoisotopic (exact) mass is 481 g/mol. The molecule has 0 spiro atoms. The SMILES string of the molecule is COC(=O)c1cc(Cc2ccccc2)sc1NC(=S)N1CCN(c2cccc(OC)c2)CC1. The van der Waals surface area contributed by atoms with Crippen LogP contribution in [0.15, 0.2) is 60.7 Å². The lowest BCUT2D eigenvalue weighted by Gasteiger charge is -2.37. The third-order valence-corrected chi connectivity index (χ3v) is 7.03. The van der Waals surface area contributed by atoms with E-state index in [4.69, 9.17) is 21.7 Å². The molecule has 2 heterocycles. The molecular formula is C25H27N3O3S2. The fourth-order valence-corrected chi connectivity index (χ4v) is 5.26. The van der Waals surface area contributed by atoms with Crippen LogP contribution < -0.4 is 15.0 Å². The van der Waals surface area contributed by atoms with Gasteiger partial charge in [-0.05, 0) is 36.0 Å². The smallest absolute Gasteiger partial charge is 0.340 e. The van der Waals surface area contributed by atoms with Crippen LogP contribution in [-0.4, -0.2) is 56.4 Å². The van der Waals surface area contributed by atoms with E-state index in [-0.39, 0.29) is 5.97 Å². The molecule has 0 radical (unpaired) electrons. The maximum atomic E-state index is 12.4. The summed E-state index contributed by atoms with van der Waals surface area (Å²) in [5, 5.41) is 4.66. The van der Waals surface area contributed by atoms with Crippen molar-refractivity contribution in [1.29, 1.82) is 0 Å². The highest BCUT2D eigenvalue weighted by atomic mass is 32.1. The molecule has 1 N–H and O–H groups in total. The van der Waals surface area contributed by atoms with Gasteiger partial charge >= 0.3 is 5.97 Å². The summed E-state index contributed by atoms with van der Waals surface area (Å²) in [7, 11) is 3.08. The average Bonchev–Trinajstić information content (AvgIpc) is 3.26. The van der Waals surface area contributed by atoms with Gasteiger partial charge in [-0.25, -0.2) is 4.79 Å². The Labute approximate surface area is 203 Å². The number of thiophene rings is 1. The van der Waals surface area contributed by atoms with E-state index in [9.17, 15) is 4.79 Å². The summed E-state index contributed by atoms with van der Waals surface area (Å²) in [6, 6.07) is 20.2. The highest BCUT2D eigenvalue weighted by molar-refractivity contribution is 7.80. The minimum atomic E-state index is -0.362. The number of hydrogen-bond acceptors (Lipinski definition) is 6. The zero-order valence-corrected chi connectivity index (χ0v) is 20.4. The predicted molar refractivity (Wildman–Crippen MR) is 138 cm³/mol. The highest BCUT2D eigenvalue weighted by Crippen LogP contribution is 2.31. The Bertz CT molecular complexity index is 1110. The summed E-state index contributed by atoms with van der Waals surface area (Å²) in [5.74, 6) is 0.491. The maximum Gasteiger partial charge on any atom is 0.340 e. The number of carbonyl (C=O) groups is 1. The molecule has 172 valence electrons. The quantitative estimate of drug-likeness (QED) is 0.406. The molecule has 4 rings (SSSR count). The summed E-state index contributed by atoms with van der Waals surface area (Å²) in [5.41, 5.74) is 2.86. The number of nitrogens with zero attached hydrogens (tertiary/aromatic N) is 2. The second-order valence-electron chi connectivity index (χ2n) is 7.72. The third-order valence-electron chi connectivity index (χ3n) is 5.62. The Balaban J connectivity index is 1.42. The summed E-state index contributed by atoms with van der Waals surface area (Å²) in [4.78, 5) is 17.9. The Morgan fingerprint density at radius 3 is 2.48 bits per heavy atom. The second-order valence-corrected chi connectivity index (χ2v) is 9.24. The van der Waals surface area contributed by atoms with Crippen molar-refractivity contribution in [2.45, 2.75) is 6.42 Å². The van der Waals surface area contributed by atoms with Crippen molar-refractivity contribution < 1.29 is 14.3 Å². The van der Waals surface area contributed by atoms with Gasteiger partial charge in [-0.2, -0.15) is 0 Å². The molecule has 0 saturated carbocycles. The first-order valence-corrected chi connectivity index (χ1v) is 12.0. The van der Waals surface area contributed by atoms with Crippen molar-refractivity contribution in [2.75, 3.05) is 50.6 Å². The van der Waals surface area contributed by atoms with Gasteiger partial charge in [-0.3, -0.25) is 0 Å². The van der Waals surface area contributed by atoms with Gasteiger partial charge in [0.1, 0.15) is 10.8 Å². The van der Waals surface area contributed by atoms with Gasteiger partial charge in [-0.1, -0.05) is 36.4 Å². The van der Waals surface area contributed by atoms with Gasteiger partial charge in [0.2, 0.25) is 0 Å². The van der Waals surface area contributed by atoms with E-state index in [1.807, 2.05) is 36.4 Å². The van der Waals surface area contributed by atoms with Crippen LogP contribution in [-0.2, 0) is 11.2 Å². The third kappa shape index (κ3) is 5.64. The number of hydrogen-bond donors (Lipinski definition) is 1. The lowest BCUT2D eigenvalue weighted by Crippen LogP contribution is -2.50. The summed E-state index contributed by atoms with van der Waals surface area (Å²) < 4.78 is 10.3. The second kappa shape index (κ2) is 10.7. The molecule has 1 aliphatic heterocycles. The molecule has 0 atom stereocenters. The summed E-state index contributed by atoms with van der Waals surface area (Å²) >= 11 is 7.24. The Morgan fingerprint density at radius 2 is 1.79 bits per heavy atom. The Kier molecular flexibility index (Phi) is 7.47. The van der Waals surface area contributed by atoms with Gasteiger partial charge in [0, 0.05) is 49.2 Å². The number of benzene rings is 2. The number of esters is 1. The van der Waals surface area contributed by atoms with E-state index in [2.05, 4.69) is 39.4 Å². The lowest BCUT2D eigenvalue weighted by molar-refractivity contribution is 0.0602. The van der Waals surface area contributed by atoms with Crippen molar-refractivity contribution in [3.63, 3.8) is 0 Å². The van der Waals surface area contributed by atoms with Crippen molar-refractivity contribution in [3.05, 3.63) is 76.7 Å². The highest BCUT2D eigenvalue weighted by Gasteiger charge is 2.23. The van der Waals surface area contributed by atoms with Crippen molar-refractivity contribution in [1.82, 2.24) is 4.90 Å². The number of nitrogens with one attached hydrogen (secondary N) is 1. The first-order chi connectivity index (χ1) is 16.1. The van der Waals surface area contributed by atoms with Gasteiger partial charge in [0.05, 0.1) is 19.8 Å². The summed E-state index contributed by atoms with van der Waals surface area (Å²) in [6.45, 7) is 3.28. The summed E-state index contributed by atoms with van der Waals surface area (Å²) in [6.07, 6.45) is 0.753. The van der Waals surface area contributed by atoms with E-state index in [1.54, 1.807) is 18.4 Å². The van der Waals surface area contributed by atoms with Crippen LogP contribution in [0.4, 0.5) is 10.7 Å². The normalized spacial score (nSPS) is 13.5. The van der Waals surface area contributed by atoms with E-state index < -0.39 is 0 Å². The fourth-order valence-electron chi connectivity index (χ4n) is 3.83. The average molecular weight is 482 g/mol. The molecule has 0 unspecified atom stereocenters. The largest absolute Gasteiger partial charge is 0.497 e. The number of ether oxygens (including phenoxy) is 2. The molecule has 2 aromatic carbocycles. The molecule has 33 heavy (non-hydrogen) atoms. The standard InChI is InChI=1S/C25H27N3O3S2/c1-30-20-10-6-9-19(16-20)27-11-13-28(14-12-27)25(32)26-23-22(24(29)31-2)17-21(33-23)15-18-7-4-3-5-8-18/h3-10,16-17H,11-15H2,1-2H3,(H,26,32). The van der Waals surface area contributed by atoms with Crippen LogP contribution in [0.5, 0.6) is 5.75 Å². The first-order valence-electron chi connectivity index (χ1n) is 10.8. The minimum absolute atomic E-state index is 0.362. The zero-order chi connectivity index (χ0) is 23.2. The van der Waals surface area contributed by atoms with Gasteiger partial charge in [0.25, 0.3) is 0 Å². The molecule has 1 aromatic heterocycles. The molecule has 6 nitrogen and oxygen atoms in total. The van der Waals surface area contributed by atoms with Crippen LogP contribution in [0.1, 0.15) is 20.8 Å². The van der Waals surface area contributed by atoms with Crippen LogP contribution in [0.2, 0.25) is 0 Å². The van der Waals surface area contributed by atoms with Gasteiger partial charge in [-0.15, -0.1) is 11.3 Å². The Morgan fingerprint density at radius 1 is 1.03 bits per heavy atom. The number of carbonyl (C=O) groups excluding carboxylic acids is 1. The molecular weight excluding hydrogens is 454 g/mol. The van der Waals surface area contributed by atoms with E-state index in [1.165, 1.54) is 12.7 Å². The van der Waals surface area contributed by atoms with E-state index in [0.717, 1.165) is 53.9 Å². The van der Waals surface area contributed by atoms with Crippen molar-refractivity contribution in [3.8, 4) is 5.75 Å². The molecule has 0 aliphatic carbocycles. The number of thiocarbonyl (C=S) groups is 1. The lowest BCUT2D eigenvalue weighted by atomic mass is 10.1. The van der Waals surface area contributed by atoms with Gasteiger partial charge < -0.3 is 24.6 Å². The maximum absolute atomic E-state index is 12.4. The molecule has 0 bridgehead atoms. The van der Waals surface area contributed by atoms with Crippen molar-refractivity contribution >= 4 is 45.3 Å². The molecule has 1 saturated heterocycles. The molecule has 1 fully saturated rings. The van der Waals surface area contributed by atoms with Crippen LogP contribution in [0.3, 0.4) is 0 Å². The molecule has 0 amide bonds. The van der Waals surface area contributed by atoms with E-state index in [0.29, 0.717) is 10.7 Å². The minimum Gasteiger partial charge on any atom is -0.497 e. The first kappa shape index (κ1) is 23.1. The number of rotatable bonds is 6. The van der Waals surface area contributed by atoms with Gasteiger partial charge in [0.15, 0.2) is 5.11 Å². The van der Waals surface area contributed by atoms with Crippen LogP contribution in [0.25, 0.3) is 0 Å². The topological polar surface area (TPSA) is 54.0 Å². The molecule has 8 heteroatoms.